The lowest BCUT2D eigenvalue weighted by molar-refractivity contribution is -0.149. The summed E-state index contributed by atoms with van der Waals surface area (Å²) in [6.07, 6.45) is 1.79. The number of carboxylic acids is 1. The van der Waals surface area contributed by atoms with Gasteiger partial charge in [0.2, 0.25) is 0 Å². The largest absolute Gasteiger partial charge is 0.477 e. The Kier molecular flexibility index (Phi) is 8.34. The van der Waals surface area contributed by atoms with Gasteiger partial charge >= 0.3 is 11.9 Å². The molecule has 0 spiro atoms. The number of rotatable bonds is 8. The van der Waals surface area contributed by atoms with Crippen LogP contribution in [0, 0.1) is 11.8 Å². The van der Waals surface area contributed by atoms with E-state index in [1.807, 2.05) is 17.5 Å². The maximum atomic E-state index is 12.2. The van der Waals surface area contributed by atoms with E-state index in [1.165, 1.54) is 28.6 Å². The van der Waals surface area contributed by atoms with Gasteiger partial charge in [0, 0.05) is 25.9 Å². The Morgan fingerprint density at radius 3 is 2.17 bits per heavy atom. The van der Waals surface area contributed by atoms with Crippen LogP contribution in [0.4, 0.5) is 0 Å². The molecule has 0 unspecified atom stereocenters. The minimum atomic E-state index is -2.75. The number of esters is 1. The van der Waals surface area contributed by atoms with E-state index in [2.05, 4.69) is 69.3 Å². The van der Waals surface area contributed by atoms with Crippen LogP contribution in [-0.2, 0) is 18.7 Å². The van der Waals surface area contributed by atoms with Crippen LogP contribution in [0.5, 0.6) is 0 Å². The van der Waals surface area contributed by atoms with Crippen LogP contribution in [-0.4, -0.2) is 44.2 Å². The summed E-state index contributed by atoms with van der Waals surface area (Å²) in [5.41, 5.74) is 0.914. The Balaban J connectivity index is 1.44. The van der Waals surface area contributed by atoms with Gasteiger partial charge in [0.15, 0.2) is 0 Å². The zero-order chi connectivity index (χ0) is 28.5. The first kappa shape index (κ1) is 28.7. The van der Waals surface area contributed by atoms with Crippen molar-refractivity contribution in [3.63, 3.8) is 0 Å². The van der Waals surface area contributed by atoms with Crippen LogP contribution in [0.1, 0.15) is 68.3 Å². The van der Waals surface area contributed by atoms with Crippen LogP contribution >= 0.6 is 11.3 Å². The molecule has 1 saturated heterocycles. The number of benzene rings is 2. The highest BCUT2D eigenvalue weighted by atomic mass is 32.1. The normalized spacial score (nSPS) is 24.9. The smallest absolute Gasteiger partial charge is 0.345 e. The molecule has 0 amide bonds. The molecule has 5 atom stereocenters. The fourth-order valence-electron chi connectivity index (χ4n) is 6.75. The lowest BCUT2D eigenvalue weighted by atomic mass is 9.86. The number of carboxylic acid groups (broad SMARTS) is 1. The maximum absolute atomic E-state index is 12.2. The lowest BCUT2D eigenvalue weighted by Crippen LogP contribution is -2.67. The number of hydrogen-bond acceptors (Lipinski definition) is 6. The quantitative estimate of drug-likeness (QED) is 0.268. The van der Waals surface area contributed by atoms with E-state index in [0.717, 1.165) is 18.4 Å². The van der Waals surface area contributed by atoms with Crippen LogP contribution < -0.4 is 10.4 Å². The van der Waals surface area contributed by atoms with Gasteiger partial charge in [-0.25, -0.2) is 4.79 Å². The van der Waals surface area contributed by atoms with Gasteiger partial charge in [0.1, 0.15) is 11.0 Å². The highest BCUT2D eigenvalue weighted by Gasteiger charge is 2.53. The Morgan fingerprint density at radius 1 is 1.02 bits per heavy atom. The Labute approximate surface area is 241 Å². The number of hydrogen-bond donors (Lipinski definition) is 1. The summed E-state index contributed by atoms with van der Waals surface area (Å²) >= 11 is 1.23. The summed E-state index contributed by atoms with van der Waals surface area (Å²) in [6, 6.07) is 22.9. The summed E-state index contributed by atoms with van der Waals surface area (Å²) in [4.78, 5) is 23.9. The molecule has 1 aliphatic carbocycles. The van der Waals surface area contributed by atoms with Crippen molar-refractivity contribution in [2.24, 2.45) is 11.8 Å². The van der Waals surface area contributed by atoms with E-state index in [9.17, 15) is 14.7 Å². The van der Waals surface area contributed by atoms with Gasteiger partial charge in [0.25, 0.3) is 8.32 Å². The molecule has 0 radical (unpaired) electrons. The van der Waals surface area contributed by atoms with Crippen LogP contribution in [0.15, 0.2) is 72.1 Å². The molecular weight excluding hydrogens is 540 g/mol. The summed E-state index contributed by atoms with van der Waals surface area (Å²) < 4.78 is 19.8. The monoisotopic (exact) mass is 578 g/mol. The van der Waals surface area contributed by atoms with Gasteiger partial charge in [-0.1, -0.05) is 81.4 Å². The molecule has 5 rings (SSSR count). The fourth-order valence-corrected chi connectivity index (χ4v) is 12.1. The van der Waals surface area contributed by atoms with E-state index in [0.29, 0.717) is 17.9 Å². The van der Waals surface area contributed by atoms with Gasteiger partial charge in [0.05, 0.1) is 12.2 Å². The molecule has 1 N–H and O–H groups in total. The molecule has 2 heterocycles. The summed E-state index contributed by atoms with van der Waals surface area (Å²) in [7, 11) is -2.75. The number of carbonyl (C=O) groups excluding carboxylic acids is 1. The molecule has 1 aliphatic heterocycles. The minimum absolute atomic E-state index is 0.00792. The molecule has 0 bridgehead atoms. The van der Waals surface area contributed by atoms with Crippen molar-refractivity contribution in [2.45, 2.75) is 70.3 Å². The molecule has 1 aromatic heterocycles. The molecular formula is C32H38O6SSi. The first-order valence-corrected chi connectivity index (χ1v) is 16.8. The number of aromatic carboxylic acids is 1. The number of ether oxygens (including phenoxy) is 2. The van der Waals surface area contributed by atoms with Crippen molar-refractivity contribution in [2.75, 3.05) is 6.61 Å². The van der Waals surface area contributed by atoms with Gasteiger partial charge in [-0.2, -0.15) is 0 Å². The Hall–Kier alpha value is -2.78. The summed E-state index contributed by atoms with van der Waals surface area (Å²) in [6.45, 7) is 8.73. The van der Waals surface area contributed by atoms with Crippen LogP contribution in [0.2, 0.25) is 5.04 Å². The second-order valence-electron chi connectivity index (χ2n) is 12.0. The van der Waals surface area contributed by atoms with E-state index >= 15 is 0 Å². The van der Waals surface area contributed by atoms with Crippen molar-refractivity contribution in [3.05, 3.63) is 82.6 Å². The topological polar surface area (TPSA) is 82.1 Å². The number of carbonyl (C=O) groups is 2. The third kappa shape index (κ3) is 5.55. The van der Waals surface area contributed by atoms with Gasteiger partial charge in [-0.05, 0) is 51.2 Å². The van der Waals surface area contributed by atoms with Crippen LogP contribution in [0.25, 0.3) is 0 Å². The summed E-state index contributed by atoms with van der Waals surface area (Å²) in [5.74, 6) is -1.01. The lowest BCUT2D eigenvalue weighted by Gasteiger charge is -2.44. The SMILES string of the molecule is CC(=O)O[C@@H]1C[C@@H]2O[C@@H](c3csc(C(=O)O)c3)CC[C@@H]2[C@H]1CO[Si](c1ccccc1)(c1ccccc1)C(C)(C)C. The molecule has 8 heteroatoms. The predicted octanol–water partition coefficient (Wildman–Crippen LogP) is 5.81. The van der Waals surface area contributed by atoms with Crippen molar-refractivity contribution in [1.29, 1.82) is 0 Å². The van der Waals surface area contributed by atoms with Crippen molar-refractivity contribution in [1.82, 2.24) is 0 Å². The maximum Gasteiger partial charge on any atom is 0.345 e. The third-order valence-corrected chi connectivity index (χ3v) is 14.4. The van der Waals surface area contributed by atoms with Gasteiger partial charge in [-0.15, -0.1) is 11.3 Å². The molecule has 212 valence electrons. The van der Waals surface area contributed by atoms with E-state index in [1.54, 1.807) is 6.07 Å². The molecule has 2 fully saturated rings. The van der Waals surface area contributed by atoms with Crippen molar-refractivity contribution < 1.29 is 28.6 Å². The third-order valence-electron chi connectivity index (χ3n) is 8.50. The summed E-state index contributed by atoms with van der Waals surface area (Å²) in [5, 5.41) is 13.5. The molecule has 40 heavy (non-hydrogen) atoms. The van der Waals surface area contributed by atoms with Gasteiger partial charge in [-0.3, -0.25) is 4.79 Å². The molecule has 3 aromatic rings. The van der Waals surface area contributed by atoms with E-state index in [4.69, 9.17) is 13.9 Å². The predicted molar refractivity (Wildman–Crippen MR) is 159 cm³/mol. The average molecular weight is 579 g/mol. The average Bonchev–Trinajstić information content (AvgIpc) is 3.54. The van der Waals surface area contributed by atoms with Crippen LogP contribution in [0.3, 0.4) is 0 Å². The molecule has 2 aromatic carbocycles. The zero-order valence-corrected chi connectivity index (χ0v) is 25.4. The molecule has 2 aliphatic rings. The number of fused-ring (bicyclic) bond motifs is 1. The highest BCUT2D eigenvalue weighted by Crippen LogP contribution is 2.48. The second kappa shape index (κ2) is 11.6. The first-order chi connectivity index (χ1) is 19.1. The van der Waals surface area contributed by atoms with Crippen molar-refractivity contribution in [3.8, 4) is 0 Å². The molecule has 1 saturated carbocycles. The van der Waals surface area contributed by atoms with E-state index in [-0.39, 0.29) is 41.2 Å². The van der Waals surface area contributed by atoms with Gasteiger partial charge < -0.3 is 19.0 Å². The number of thiophene rings is 1. The Bertz CT molecular complexity index is 1280. The van der Waals surface area contributed by atoms with E-state index < -0.39 is 14.3 Å². The zero-order valence-electron chi connectivity index (χ0n) is 23.5. The second-order valence-corrected chi connectivity index (χ2v) is 17.2. The fraction of sp³-hybridized carbons (Fsp3) is 0.438. The molecule has 6 nitrogen and oxygen atoms in total. The standard InChI is InChI=1S/C32H38O6SSi/c1-21(33)37-29-18-28-25(15-16-27(38-28)22-17-30(31(34)35)39-20-22)26(29)19-36-40(32(2,3)4,23-11-7-5-8-12-23)24-13-9-6-10-14-24/h5-14,17,20,25-29H,15-16,18-19H2,1-4H3,(H,34,35)/t25-,26-,27-,28+,29-/m1/s1. The first-order valence-electron chi connectivity index (χ1n) is 14.0. The highest BCUT2D eigenvalue weighted by molar-refractivity contribution is 7.12. The van der Waals surface area contributed by atoms with Crippen molar-refractivity contribution >= 4 is 42.0 Å². The Morgan fingerprint density at radius 2 is 1.65 bits per heavy atom. The minimum Gasteiger partial charge on any atom is -0.477 e.